The number of hydrogen-bond donors (Lipinski definition) is 0. The monoisotopic (exact) mass is 257 g/mol. The van der Waals surface area contributed by atoms with Gasteiger partial charge in [0.2, 0.25) is 0 Å². The van der Waals surface area contributed by atoms with E-state index in [4.69, 9.17) is 0 Å². The van der Waals surface area contributed by atoms with Crippen LogP contribution in [0.2, 0.25) is 0 Å². The average molecular weight is 257 g/mol. The molecule has 0 amide bonds. The van der Waals surface area contributed by atoms with Crippen molar-refractivity contribution < 1.29 is 0 Å². The van der Waals surface area contributed by atoms with Gasteiger partial charge in [0.1, 0.15) is 0 Å². The highest BCUT2D eigenvalue weighted by Gasteiger charge is 2.04. The Labute approximate surface area is 118 Å². The predicted molar refractivity (Wildman–Crippen MR) is 85.0 cm³/mol. The minimum atomic E-state index is 0.912. The van der Waals surface area contributed by atoms with Crippen molar-refractivity contribution in [3.63, 3.8) is 0 Å². The first-order valence-corrected chi connectivity index (χ1v) is 6.92. The van der Waals surface area contributed by atoms with E-state index in [1.807, 2.05) is 0 Å². The summed E-state index contributed by atoms with van der Waals surface area (Å²) in [6.07, 6.45) is 2.17. The third kappa shape index (κ3) is 1.79. The zero-order valence-electron chi connectivity index (χ0n) is 11.2. The molecule has 1 heterocycles. The second-order valence-electron chi connectivity index (χ2n) is 5.14. The van der Waals surface area contributed by atoms with E-state index < -0.39 is 0 Å². The first-order chi connectivity index (χ1) is 9.92. The Bertz CT molecular complexity index is 881. The lowest BCUT2D eigenvalue weighted by Crippen LogP contribution is -1.98. The number of benzene rings is 3. The summed E-state index contributed by atoms with van der Waals surface area (Å²) in [4.78, 5) is 0. The maximum Gasteiger partial charge on any atom is 0.0483 e. The molecule has 0 aliphatic rings. The zero-order chi connectivity index (χ0) is 13.4. The lowest BCUT2D eigenvalue weighted by molar-refractivity contribution is 0.843. The molecule has 1 nitrogen and oxygen atoms in total. The normalized spacial score (nSPS) is 11.2. The molecule has 3 aromatic carbocycles. The quantitative estimate of drug-likeness (QED) is 0.484. The summed E-state index contributed by atoms with van der Waals surface area (Å²) >= 11 is 0. The fourth-order valence-electron chi connectivity index (χ4n) is 2.89. The summed E-state index contributed by atoms with van der Waals surface area (Å²) < 4.78 is 2.32. The van der Waals surface area contributed by atoms with Crippen LogP contribution in [0.5, 0.6) is 0 Å². The molecule has 1 aromatic heterocycles. The Morgan fingerprint density at radius 1 is 0.650 bits per heavy atom. The topological polar surface area (TPSA) is 4.93 Å². The Morgan fingerprint density at radius 3 is 2.35 bits per heavy atom. The number of nitrogens with zero attached hydrogens (tertiary/aromatic N) is 1. The fourth-order valence-corrected chi connectivity index (χ4v) is 2.89. The molecule has 0 saturated heterocycles. The molecule has 0 fully saturated rings. The smallest absolute Gasteiger partial charge is 0.0483 e. The summed E-state index contributed by atoms with van der Waals surface area (Å²) in [5.41, 5.74) is 2.66. The van der Waals surface area contributed by atoms with Crippen molar-refractivity contribution in [1.82, 2.24) is 4.57 Å². The Balaban J connectivity index is 1.85. The Morgan fingerprint density at radius 2 is 1.40 bits per heavy atom. The molecule has 0 aliphatic heterocycles. The summed E-state index contributed by atoms with van der Waals surface area (Å²) in [7, 11) is 0. The molecule has 4 rings (SSSR count). The molecule has 0 atom stereocenters. The van der Waals surface area contributed by atoms with Gasteiger partial charge in [-0.15, -0.1) is 0 Å². The minimum absolute atomic E-state index is 0.912. The maximum atomic E-state index is 2.32. The summed E-state index contributed by atoms with van der Waals surface area (Å²) in [6, 6.07) is 25.8. The molecule has 4 aromatic rings. The lowest BCUT2D eigenvalue weighted by Gasteiger charge is -2.09. The van der Waals surface area contributed by atoms with Crippen LogP contribution < -0.4 is 0 Å². The minimum Gasteiger partial charge on any atom is -0.343 e. The van der Waals surface area contributed by atoms with Gasteiger partial charge >= 0.3 is 0 Å². The van der Waals surface area contributed by atoms with Crippen LogP contribution in [0.4, 0.5) is 0 Å². The predicted octanol–water partition coefficient (Wildman–Crippen LogP) is 4.84. The Hall–Kier alpha value is -2.54. The Kier molecular flexibility index (Phi) is 2.56. The van der Waals surface area contributed by atoms with Crippen LogP contribution in [0.25, 0.3) is 21.7 Å². The molecule has 1 heteroatoms. The van der Waals surface area contributed by atoms with Crippen molar-refractivity contribution in [2.75, 3.05) is 0 Å². The summed E-state index contributed by atoms with van der Waals surface area (Å²) in [5, 5.41) is 3.95. The van der Waals surface area contributed by atoms with E-state index in [9.17, 15) is 0 Å². The van der Waals surface area contributed by atoms with Gasteiger partial charge in [0.15, 0.2) is 0 Å². The standard InChI is InChI=1S/C19H15N/c1-3-10-18-15(6-1)8-5-9-17(18)14-20-13-12-16-7-2-4-11-19(16)20/h1-13H,14H2. The SMILES string of the molecule is c1ccc2c(Cn3ccc4ccccc43)cccc2c1. The zero-order valence-corrected chi connectivity index (χ0v) is 11.2. The van der Waals surface area contributed by atoms with Crippen LogP contribution >= 0.6 is 0 Å². The molecule has 0 N–H and O–H groups in total. The van der Waals surface area contributed by atoms with Crippen molar-refractivity contribution in [3.05, 3.63) is 84.6 Å². The van der Waals surface area contributed by atoms with Crippen molar-refractivity contribution in [3.8, 4) is 0 Å². The van der Waals surface area contributed by atoms with Gasteiger partial charge in [-0.1, -0.05) is 60.7 Å². The van der Waals surface area contributed by atoms with Crippen LogP contribution in [-0.2, 0) is 6.54 Å². The highest BCUT2D eigenvalue weighted by Crippen LogP contribution is 2.22. The number of hydrogen-bond acceptors (Lipinski definition) is 0. The van der Waals surface area contributed by atoms with Crippen molar-refractivity contribution in [1.29, 1.82) is 0 Å². The van der Waals surface area contributed by atoms with E-state index in [2.05, 4.69) is 83.6 Å². The van der Waals surface area contributed by atoms with E-state index in [0.717, 1.165) is 6.54 Å². The van der Waals surface area contributed by atoms with Crippen molar-refractivity contribution >= 4 is 21.7 Å². The molecule has 0 saturated carbocycles. The first-order valence-electron chi connectivity index (χ1n) is 6.92. The van der Waals surface area contributed by atoms with Gasteiger partial charge in [-0.25, -0.2) is 0 Å². The van der Waals surface area contributed by atoms with Gasteiger partial charge in [-0.05, 0) is 33.9 Å². The molecular weight excluding hydrogens is 242 g/mol. The van der Waals surface area contributed by atoms with E-state index in [-0.39, 0.29) is 0 Å². The maximum absolute atomic E-state index is 2.32. The van der Waals surface area contributed by atoms with Crippen LogP contribution in [0.3, 0.4) is 0 Å². The third-order valence-electron chi connectivity index (χ3n) is 3.90. The van der Waals surface area contributed by atoms with E-state index >= 15 is 0 Å². The van der Waals surface area contributed by atoms with Gasteiger partial charge in [0.05, 0.1) is 0 Å². The van der Waals surface area contributed by atoms with Gasteiger partial charge < -0.3 is 4.57 Å². The largest absolute Gasteiger partial charge is 0.343 e. The molecule has 0 radical (unpaired) electrons. The number of para-hydroxylation sites is 1. The molecule has 0 unspecified atom stereocenters. The highest BCUT2D eigenvalue weighted by atomic mass is 14.9. The van der Waals surface area contributed by atoms with Crippen LogP contribution in [0.15, 0.2) is 79.0 Å². The summed E-state index contributed by atoms with van der Waals surface area (Å²) in [6.45, 7) is 0.912. The van der Waals surface area contributed by atoms with Gasteiger partial charge in [-0.2, -0.15) is 0 Å². The lowest BCUT2D eigenvalue weighted by atomic mass is 10.0. The second kappa shape index (κ2) is 4.53. The second-order valence-corrected chi connectivity index (χ2v) is 5.14. The van der Waals surface area contributed by atoms with E-state index in [1.165, 1.54) is 27.2 Å². The van der Waals surface area contributed by atoms with Crippen LogP contribution in [-0.4, -0.2) is 4.57 Å². The van der Waals surface area contributed by atoms with E-state index in [0.29, 0.717) is 0 Å². The molecule has 0 aliphatic carbocycles. The number of aromatic nitrogens is 1. The van der Waals surface area contributed by atoms with Crippen molar-refractivity contribution in [2.45, 2.75) is 6.54 Å². The molecular formula is C19H15N. The van der Waals surface area contributed by atoms with Gasteiger partial charge in [-0.3, -0.25) is 0 Å². The number of rotatable bonds is 2. The van der Waals surface area contributed by atoms with Crippen LogP contribution in [0, 0.1) is 0 Å². The van der Waals surface area contributed by atoms with Gasteiger partial charge in [0.25, 0.3) is 0 Å². The molecule has 0 spiro atoms. The van der Waals surface area contributed by atoms with E-state index in [1.54, 1.807) is 0 Å². The fraction of sp³-hybridized carbons (Fsp3) is 0.0526. The molecule has 20 heavy (non-hydrogen) atoms. The molecule has 96 valence electrons. The van der Waals surface area contributed by atoms with Crippen molar-refractivity contribution in [2.24, 2.45) is 0 Å². The average Bonchev–Trinajstić information content (AvgIpc) is 2.91. The number of fused-ring (bicyclic) bond motifs is 2. The van der Waals surface area contributed by atoms with Crippen LogP contribution in [0.1, 0.15) is 5.56 Å². The summed E-state index contributed by atoms with van der Waals surface area (Å²) in [5.74, 6) is 0. The molecule has 0 bridgehead atoms. The first kappa shape index (κ1) is 11.3. The third-order valence-corrected chi connectivity index (χ3v) is 3.90. The van der Waals surface area contributed by atoms with Gasteiger partial charge in [0, 0.05) is 18.3 Å². The highest BCUT2D eigenvalue weighted by molar-refractivity contribution is 5.86.